The number of thioether (sulfide) groups is 1. The van der Waals surface area contributed by atoms with E-state index in [1.165, 1.54) is 11.8 Å². The Bertz CT molecular complexity index is 1050. The fourth-order valence-corrected chi connectivity index (χ4v) is 4.60. The lowest BCUT2D eigenvalue weighted by atomic mass is 10.1. The highest BCUT2D eigenvalue weighted by Gasteiger charge is 2.31. The summed E-state index contributed by atoms with van der Waals surface area (Å²) in [6, 6.07) is 11.6. The molecule has 33 heavy (non-hydrogen) atoms. The fraction of sp³-hybridized carbons (Fsp3) is 0.333. The fourth-order valence-electron chi connectivity index (χ4n) is 3.63. The van der Waals surface area contributed by atoms with Gasteiger partial charge in [0.15, 0.2) is 5.17 Å². The topological polar surface area (TPSA) is 72.8 Å². The number of morpholine rings is 1. The third kappa shape index (κ3) is 4.94. The molecule has 2 saturated heterocycles. The van der Waals surface area contributed by atoms with E-state index in [4.69, 9.17) is 23.9 Å². The van der Waals surface area contributed by atoms with Gasteiger partial charge in [0.2, 0.25) is 0 Å². The molecule has 8 nitrogen and oxygen atoms in total. The van der Waals surface area contributed by atoms with E-state index in [-0.39, 0.29) is 5.91 Å². The highest BCUT2D eigenvalue weighted by atomic mass is 32.2. The summed E-state index contributed by atoms with van der Waals surface area (Å²) < 4.78 is 21.7. The monoisotopic (exact) mass is 469 g/mol. The quantitative estimate of drug-likeness (QED) is 0.596. The molecule has 9 heteroatoms. The van der Waals surface area contributed by atoms with Crippen molar-refractivity contribution in [2.24, 2.45) is 4.99 Å². The summed E-state index contributed by atoms with van der Waals surface area (Å²) in [6.07, 6.45) is 1.77. The first-order valence-corrected chi connectivity index (χ1v) is 11.3. The first-order valence-electron chi connectivity index (χ1n) is 10.5. The predicted octanol–water partition coefficient (Wildman–Crippen LogP) is 3.78. The Morgan fingerprint density at radius 2 is 1.64 bits per heavy atom. The first-order chi connectivity index (χ1) is 16.0. The largest absolute Gasteiger partial charge is 0.496 e. The lowest BCUT2D eigenvalue weighted by molar-refractivity contribution is -0.121. The number of aliphatic imine (C=N–C) groups is 1. The highest BCUT2D eigenvalue weighted by Crippen LogP contribution is 2.40. The number of rotatable bonds is 6. The maximum absolute atomic E-state index is 12.9. The van der Waals surface area contributed by atoms with Gasteiger partial charge in [0, 0.05) is 38.0 Å². The zero-order valence-electron chi connectivity index (χ0n) is 19.2. The number of ether oxygens (including phenoxy) is 4. The van der Waals surface area contributed by atoms with E-state index < -0.39 is 0 Å². The summed E-state index contributed by atoms with van der Waals surface area (Å²) >= 11 is 1.32. The normalized spacial score (nSPS) is 18.8. The van der Waals surface area contributed by atoms with Crippen LogP contribution in [0.4, 0.5) is 11.4 Å². The SMILES string of the molecule is COc1cc(OC)c(/C=C2\SC(=Nc3ccc(N4CCOCC4)cc3)N(C)C2=O)c(OC)c1. The summed E-state index contributed by atoms with van der Waals surface area (Å²) in [7, 11) is 6.44. The highest BCUT2D eigenvalue weighted by molar-refractivity contribution is 8.18. The van der Waals surface area contributed by atoms with E-state index in [0.717, 1.165) is 37.7 Å². The Morgan fingerprint density at radius 1 is 1.00 bits per heavy atom. The number of likely N-dealkylation sites (N-methyl/N-ethyl adjacent to an activating group) is 1. The van der Waals surface area contributed by atoms with Crippen LogP contribution in [0, 0.1) is 0 Å². The van der Waals surface area contributed by atoms with Crippen molar-refractivity contribution in [2.75, 3.05) is 59.6 Å². The zero-order valence-corrected chi connectivity index (χ0v) is 20.0. The van der Waals surface area contributed by atoms with Crippen LogP contribution in [0.3, 0.4) is 0 Å². The van der Waals surface area contributed by atoms with Gasteiger partial charge in [0.05, 0.1) is 50.7 Å². The molecule has 0 radical (unpaired) electrons. The second-order valence-corrected chi connectivity index (χ2v) is 8.44. The van der Waals surface area contributed by atoms with Crippen LogP contribution in [0.5, 0.6) is 17.2 Å². The van der Waals surface area contributed by atoms with Gasteiger partial charge in [-0.15, -0.1) is 0 Å². The zero-order chi connectivity index (χ0) is 23.4. The van der Waals surface area contributed by atoms with Gasteiger partial charge < -0.3 is 23.8 Å². The number of carbonyl (C=O) groups is 1. The van der Waals surface area contributed by atoms with Crippen LogP contribution in [-0.2, 0) is 9.53 Å². The molecule has 174 valence electrons. The Morgan fingerprint density at radius 3 is 2.21 bits per heavy atom. The molecule has 2 aromatic carbocycles. The second-order valence-electron chi connectivity index (χ2n) is 7.43. The molecule has 2 aliphatic heterocycles. The molecule has 2 fully saturated rings. The standard InChI is InChI=1S/C24H27N3O5S/c1-26-23(28)22(15-19-20(30-3)13-18(29-2)14-21(19)31-4)33-24(26)25-16-5-7-17(8-6-16)27-9-11-32-12-10-27/h5-8,13-15H,9-12H2,1-4H3/b22-15-,25-24?. The van der Waals surface area contributed by atoms with Crippen molar-refractivity contribution in [1.29, 1.82) is 0 Å². The van der Waals surface area contributed by atoms with Crippen LogP contribution in [0.1, 0.15) is 5.56 Å². The molecule has 2 aliphatic rings. The number of carbonyl (C=O) groups excluding carboxylic acids is 1. The van der Waals surface area contributed by atoms with Gasteiger partial charge in [0.25, 0.3) is 5.91 Å². The Balaban J connectivity index is 1.59. The number of hydrogen-bond acceptors (Lipinski definition) is 8. The summed E-state index contributed by atoms with van der Waals surface area (Å²) in [4.78, 5) is 22.0. The van der Waals surface area contributed by atoms with Gasteiger partial charge in [-0.3, -0.25) is 9.69 Å². The third-order valence-electron chi connectivity index (χ3n) is 5.48. The van der Waals surface area contributed by atoms with E-state index in [0.29, 0.717) is 32.9 Å². The molecule has 0 aromatic heterocycles. The molecule has 0 spiro atoms. The van der Waals surface area contributed by atoms with Crippen molar-refractivity contribution in [3.8, 4) is 17.2 Å². The van der Waals surface area contributed by atoms with Gasteiger partial charge in [-0.25, -0.2) is 4.99 Å². The van der Waals surface area contributed by atoms with Crippen LogP contribution in [0.15, 0.2) is 46.3 Å². The number of methoxy groups -OCH3 is 3. The van der Waals surface area contributed by atoms with E-state index in [9.17, 15) is 4.79 Å². The van der Waals surface area contributed by atoms with Crippen LogP contribution < -0.4 is 19.1 Å². The Labute approximate surface area is 197 Å². The van der Waals surface area contributed by atoms with Crippen molar-refractivity contribution in [3.05, 3.63) is 46.9 Å². The molecular weight excluding hydrogens is 442 g/mol. The van der Waals surface area contributed by atoms with E-state index in [1.54, 1.807) is 51.5 Å². The molecule has 0 aliphatic carbocycles. The van der Waals surface area contributed by atoms with Crippen molar-refractivity contribution >= 4 is 40.3 Å². The van der Waals surface area contributed by atoms with Crippen molar-refractivity contribution in [1.82, 2.24) is 4.90 Å². The molecular formula is C24H27N3O5S. The predicted molar refractivity (Wildman–Crippen MR) is 131 cm³/mol. The Hall–Kier alpha value is -3.17. The second kappa shape index (κ2) is 10.2. The molecule has 0 saturated carbocycles. The lowest BCUT2D eigenvalue weighted by Gasteiger charge is -2.28. The van der Waals surface area contributed by atoms with E-state index in [2.05, 4.69) is 17.0 Å². The minimum absolute atomic E-state index is 0.136. The maximum atomic E-state index is 12.9. The van der Waals surface area contributed by atoms with Crippen LogP contribution >= 0.6 is 11.8 Å². The smallest absolute Gasteiger partial charge is 0.266 e. The molecule has 1 amide bonds. The number of amides is 1. The third-order valence-corrected chi connectivity index (χ3v) is 6.54. The molecule has 0 N–H and O–H groups in total. The number of hydrogen-bond donors (Lipinski definition) is 0. The average Bonchev–Trinajstić information content (AvgIpc) is 3.12. The average molecular weight is 470 g/mol. The number of benzene rings is 2. The van der Waals surface area contributed by atoms with E-state index in [1.807, 2.05) is 12.1 Å². The summed E-state index contributed by atoms with van der Waals surface area (Å²) in [6.45, 7) is 3.25. The van der Waals surface area contributed by atoms with Crippen molar-refractivity contribution in [2.45, 2.75) is 0 Å². The van der Waals surface area contributed by atoms with Crippen molar-refractivity contribution < 1.29 is 23.7 Å². The van der Waals surface area contributed by atoms with Crippen LogP contribution in [-0.4, -0.2) is 70.7 Å². The van der Waals surface area contributed by atoms with Gasteiger partial charge in [-0.2, -0.15) is 0 Å². The number of amidine groups is 1. The summed E-state index contributed by atoms with van der Waals surface area (Å²) in [5, 5.41) is 0.608. The van der Waals surface area contributed by atoms with E-state index >= 15 is 0 Å². The molecule has 0 unspecified atom stereocenters. The lowest BCUT2D eigenvalue weighted by Crippen LogP contribution is -2.36. The maximum Gasteiger partial charge on any atom is 0.266 e. The van der Waals surface area contributed by atoms with Crippen LogP contribution in [0.25, 0.3) is 6.08 Å². The minimum atomic E-state index is -0.136. The summed E-state index contributed by atoms with van der Waals surface area (Å²) in [5.41, 5.74) is 2.60. The van der Waals surface area contributed by atoms with Gasteiger partial charge in [-0.05, 0) is 42.1 Å². The van der Waals surface area contributed by atoms with Gasteiger partial charge in [0.1, 0.15) is 17.2 Å². The molecule has 2 heterocycles. The van der Waals surface area contributed by atoms with Gasteiger partial charge in [-0.1, -0.05) is 0 Å². The Kier molecular flexibility index (Phi) is 7.10. The van der Waals surface area contributed by atoms with Crippen LogP contribution in [0.2, 0.25) is 0 Å². The number of anilines is 1. The minimum Gasteiger partial charge on any atom is -0.496 e. The molecule has 2 aromatic rings. The number of nitrogens with zero attached hydrogens (tertiary/aromatic N) is 3. The molecule has 0 bridgehead atoms. The first kappa shape index (κ1) is 23.0. The van der Waals surface area contributed by atoms with Crippen molar-refractivity contribution in [3.63, 3.8) is 0 Å². The molecule has 4 rings (SSSR count). The molecule has 0 atom stereocenters. The van der Waals surface area contributed by atoms with Gasteiger partial charge >= 0.3 is 0 Å². The summed E-state index contributed by atoms with van der Waals surface area (Å²) in [5.74, 6) is 1.58.